The molecule has 0 aliphatic rings. The van der Waals surface area contributed by atoms with Gasteiger partial charge in [0.05, 0.1) is 17.0 Å². The summed E-state index contributed by atoms with van der Waals surface area (Å²) < 4.78 is 1.23. The van der Waals surface area contributed by atoms with Crippen molar-refractivity contribution in [2.45, 2.75) is 6.92 Å². The third-order valence-corrected chi connectivity index (χ3v) is 4.32. The fraction of sp³-hybridized carbons (Fsp3) is 0.0588. The first-order chi connectivity index (χ1) is 10.6. The third-order valence-electron chi connectivity index (χ3n) is 3.36. The molecule has 0 spiro atoms. The van der Waals surface area contributed by atoms with Crippen LogP contribution in [0.4, 0.5) is 5.69 Å². The minimum absolute atomic E-state index is 0.259. The number of anilines is 1. The van der Waals surface area contributed by atoms with Crippen LogP contribution in [0.15, 0.2) is 59.0 Å². The molecule has 0 aliphatic carbocycles. The van der Waals surface area contributed by atoms with Crippen molar-refractivity contribution in [1.29, 1.82) is 0 Å². The van der Waals surface area contributed by atoms with Gasteiger partial charge in [-0.05, 0) is 37.3 Å². The summed E-state index contributed by atoms with van der Waals surface area (Å²) in [5, 5.41) is 16.5. The number of hydrogen-bond acceptors (Lipinski definition) is 4. The van der Waals surface area contributed by atoms with E-state index in [2.05, 4.69) is 28.0 Å². The van der Waals surface area contributed by atoms with Crippen molar-refractivity contribution >= 4 is 38.8 Å². The zero-order valence-electron chi connectivity index (χ0n) is 11.9. The maximum Gasteiger partial charge on any atom is 0.335 e. The molecule has 4 nitrogen and oxygen atoms in total. The number of nitrogens with one attached hydrogen (secondary N) is 1. The lowest BCUT2D eigenvalue weighted by Crippen LogP contribution is -2.00. The van der Waals surface area contributed by atoms with Gasteiger partial charge in [-0.15, -0.1) is 11.3 Å². The maximum absolute atomic E-state index is 10.8. The summed E-state index contributed by atoms with van der Waals surface area (Å²) in [7, 11) is 0. The number of carbonyl (C=O) groups is 1. The van der Waals surface area contributed by atoms with Crippen LogP contribution < -0.4 is 5.43 Å². The summed E-state index contributed by atoms with van der Waals surface area (Å²) in [6, 6.07) is 14.7. The Kier molecular flexibility index (Phi) is 3.89. The molecule has 1 heterocycles. The first kappa shape index (κ1) is 14.3. The second-order valence-corrected chi connectivity index (χ2v) is 5.75. The normalized spacial score (nSPS) is 11.6. The van der Waals surface area contributed by atoms with Gasteiger partial charge >= 0.3 is 5.97 Å². The number of nitrogens with zero attached hydrogens (tertiary/aromatic N) is 1. The molecule has 5 heteroatoms. The quantitative estimate of drug-likeness (QED) is 0.553. The SMILES string of the molecule is C/C(=N\Nc1ccc(C(=O)O)cc1)c1csc2ccccc12. The van der Waals surface area contributed by atoms with Crippen molar-refractivity contribution in [3.05, 3.63) is 65.0 Å². The third kappa shape index (κ3) is 2.84. The van der Waals surface area contributed by atoms with Gasteiger partial charge < -0.3 is 5.11 Å². The maximum atomic E-state index is 10.8. The molecule has 0 radical (unpaired) electrons. The van der Waals surface area contributed by atoms with Crippen LogP contribution in [0.3, 0.4) is 0 Å². The number of rotatable bonds is 4. The van der Waals surface area contributed by atoms with Crippen LogP contribution in [0, 0.1) is 0 Å². The minimum Gasteiger partial charge on any atom is -0.478 e. The Morgan fingerprint density at radius 1 is 1.14 bits per heavy atom. The summed E-state index contributed by atoms with van der Waals surface area (Å²) in [4.78, 5) is 10.8. The Labute approximate surface area is 131 Å². The molecule has 0 bridgehead atoms. The van der Waals surface area contributed by atoms with E-state index in [-0.39, 0.29) is 5.56 Å². The molecule has 0 saturated carbocycles. The van der Waals surface area contributed by atoms with E-state index in [4.69, 9.17) is 5.11 Å². The Hall–Kier alpha value is -2.66. The predicted molar refractivity (Wildman–Crippen MR) is 91.1 cm³/mol. The van der Waals surface area contributed by atoms with Gasteiger partial charge in [0.25, 0.3) is 0 Å². The second kappa shape index (κ2) is 5.99. The van der Waals surface area contributed by atoms with Gasteiger partial charge in [-0.2, -0.15) is 5.10 Å². The van der Waals surface area contributed by atoms with Gasteiger partial charge in [-0.25, -0.2) is 4.79 Å². The molecule has 2 N–H and O–H groups in total. The summed E-state index contributed by atoms with van der Waals surface area (Å²) in [6.07, 6.45) is 0. The number of fused-ring (bicyclic) bond motifs is 1. The van der Waals surface area contributed by atoms with E-state index >= 15 is 0 Å². The fourth-order valence-corrected chi connectivity index (χ4v) is 3.16. The van der Waals surface area contributed by atoms with E-state index in [9.17, 15) is 4.79 Å². The molecule has 0 fully saturated rings. The van der Waals surface area contributed by atoms with Crippen molar-refractivity contribution in [3.8, 4) is 0 Å². The molecule has 3 rings (SSSR count). The first-order valence-electron chi connectivity index (χ1n) is 6.75. The summed E-state index contributed by atoms with van der Waals surface area (Å²) in [6.45, 7) is 1.95. The highest BCUT2D eigenvalue weighted by Gasteiger charge is 2.06. The molecule has 1 aromatic heterocycles. The molecule has 0 saturated heterocycles. The van der Waals surface area contributed by atoms with Crippen molar-refractivity contribution in [2.75, 3.05) is 5.43 Å². The van der Waals surface area contributed by atoms with E-state index in [1.807, 2.05) is 19.1 Å². The molecular formula is C17H14N2O2S. The highest BCUT2D eigenvalue weighted by atomic mass is 32.1. The number of carboxylic acids is 1. The number of benzene rings is 2. The summed E-state index contributed by atoms with van der Waals surface area (Å²) in [5.74, 6) is -0.934. The van der Waals surface area contributed by atoms with Crippen LogP contribution in [0.5, 0.6) is 0 Å². The van der Waals surface area contributed by atoms with Crippen molar-refractivity contribution < 1.29 is 9.90 Å². The lowest BCUT2D eigenvalue weighted by atomic mass is 10.1. The highest BCUT2D eigenvalue weighted by Crippen LogP contribution is 2.26. The lowest BCUT2D eigenvalue weighted by molar-refractivity contribution is 0.0697. The molecule has 0 atom stereocenters. The van der Waals surface area contributed by atoms with Gasteiger partial charge in [-0.3, -0.25) is 5.43 Å². The standard InChI is InChI=1S/C17H14N2O2S/c1-11(15-10-22-16-5-3-2-4-14(15)16)18-19-13-8-6-12(7-9-13)17(20)21/h2-10,19H,1H3,(H,20,21)/b18-11+. The van der Waals surface area contributed by atoms with Crippen molar-refractivity contribution in [2.24, 2.45) is 5.10 Å². The van der Waals surface area contributed by atoms with Crippen LogP contribution in [0.2, 0.25) is 0 Å². The van der Waals surface area contributed by atoms with Crippen LogP contribution in [-0.2, 0) is 0 Å². The number of thiophene rings is 1. The average Bonchev–Trinajstić information content (AvgIpc) is 2.97. The highest BCUT2D eigenvalue weighted by molar-refractivity contribution is 7.17. The van der Waals surface area contributed by atoms with Gasteiger partial charge in [0.15, 0.2) is 0 Å². The largest absolute Gasteiger partial charge is 0.478 e. The van der Waals surface area contributed by atoms with Crippen LogP contribution in [-0.4, -0.2) is 16.8 Å². The Bertz CT molecular complexity index is 850. The van der Waals surface area contributed by atoms with Gasteiger partial charge in [0.1, 0.15) is 0 Å². The topological polar surface area (TPSA) is 61.7 Å². The number of carboxylic acid groups (broad SMARTS) is 1. The van der Waals surface area contributed by atoms with Gasteiger partial charge in [0.2, 0.25) is 0 Å². The molecule has 0 unspecified atom stereocenters. The van der Waals surface area contributed by atoms with E-state index in [1.165, 1.54) is 10.1 Å². The molecule has 110 valence electrons. The van der Waals surface area contributed by atoms with Crippen molar-refractivity contribution in [1.82, 2.24) is 0 Å². The summed E-state index contributed by atoms with van der Waals surface area (Å²) in [5.41, 5.74) is 5.97. The molecule has 0 amide bonds. The van der Waals surface area contributed by atoms with Gasteiger partial charge in [-0.1, -0.05) is 18.2 Å². The number of aromatic carboxylic acids is 1. The molecular weight excluding hydrogens is 296 g/mol. The first-order valence-corrected chi connectivity index (χ1v) is 7.63. The van der Waals surface area contributed by atoms with E-state index in [0.717, 1.165) is 17.0 Å². The Balaban J connectivity index is 1.81. The molecule has 22 heavy (non-hydrogen) atoms. The molecule has 0 aliphatic heterocycles. The fourth-order valence-electron chi connectivity index (χ4n) is 2.15. The molecule has 3 aromatic rings. The smallest absolute Gasteiger partial charge is 0.335 e. The number of hydrazone groups is 1. The van der Waals surface area contributed by atoms with Gasteiger partial charge in [0, 0.05) is 21.0 Å². The van der Waals surface area contributed by atoms with E-state index in [0.29, 0.717) is 0 Å². The lowest BCUT2D eigenvalue weighted by Gasteiger charge is -2.03. The minimum atomic E-state index is -0.934. The van der Waals surface area contributed by atoms with Crippen molar-refractivity contribution in [3.63, 3.8) is 0 Å². The van der Waals surface area contributed by atoms with Crippen LogP contribution >= 0.6 is 11.3 Å². The van der Waals surface area contributed by atoms with Crippen LogP contribution in [0.25, 0.3) is 10.1 Å². The average molecular weight is 310 g/mol. The van der Waals surface area contributed by atoms with Crippen LogP contribution in [0.1, 0.15) is 22.8 Å². The predicted octanol–water partition coefficient (Wildman–Crippen LogP) is 4.44. The van der Waals surface area contributed by atoms with E-state index in [1.54, 1.807) is 35.6 Å². The zero-order chi connectivity index (χ0) is 15.5. The Morgan fingerprint density at radius 3 is 2.59 bits per heavy atom. The number of hydrogen-bond donors (Lipinski definition) is 2. The summed E-state index contributed by atoms with van der Waals surface area (Å²) >= 11 is 1.70. The zero-order valence-corrected chi connectivity index (χ0v) is 12.7. The Morgan fingerprint density at radius 2 is 1.86 bits per heavy atom. The second-order valence-electron chi connectivity index (χ2n) is 4.84. The van der Waals surface area contributed by atoms with E-state index < -0.39 is 5.97 Å². The monoisotopic (exact) mass is 310 g/mol. The molecule has 2 aromatic carbocycles.